The van der Waals surface area contributed by atoms with Gasteiger partial charge in [0.2, 0.25) is 5.91 Å². The van der Waals surface area contributed by atoms with E-state index in [2.05, 4.69) is 0 Å². The van der Waals surface area contributed by atoms with E-state index in [9.17, 15) is 9.59 Å². The molecule has 0 radical (unpaired) electrons. The average Bonchev–Trinajstić information content (AvgIpc) is 3.31. The molecule has 2 aliphatic rings. The smallest absolute Gasteiger partial charge is 0.266 e. The number of imide groups is 1. The van der Waals surface area contributed by atoms with Crippen LogP contribution in [0.4, 0.5) is 11.4 Å². The number of anilines is 2. The Morgan fingerprint density at radius 1 is 0.806 bits per heavy atom. The van der Waals surface area contributed by atoms with Gasteiger partial charge in [-0.3, -0.25) is 14.4 Å². The van der Waals surface area contributed by atoms with Crippen molar-refractivity contribution in [1.82, 2.24) is 0 Å². The van der Waals surface area contributed by atoms with E-state index in [1.807, 2.05) is 61.5 Å². The van der Waals surface area contributed by atoms with Crippen LogP contribution in [0.15, 0.2) is 78.9 Å². The number of amides is 2. The predicted octanol–water partition coefficient (Wildman–Crippen LogP) is 4.05. The molecular formula is C25H22N2O4. The number of carbonyl (C=O) groups is 2. The van der Waals surface area contributed by atoms with Crippen LogP contribution in [0.1, 0.15) is 17.2 Å². The highest BCUT2D eigenvalue weighted by atomic mass is 16.7. The van der Waals surface area contributed by atoms with Crippen molar-refractivity contribution in [1.29, 1.82) is 0 Å². The molecule has 3 atom stereocenters. The number of para-hydroxylation sites is 1. The van der Waals surface area contributed by atoms with E-state index in [-0.39, 0.29) is 11.8 Å². The molecule has 0 saturated carbocycles. The summed E-state index contributed by atoms with van der Waals surface area (Å²) in [6.07, 6.45) is -0.874. The second-order valence-electron chi connectivity index (χ2n) is 7.78. The van der Waals surface area contributed by atoms with Crippen molar-refractivity contribution >= 4 is 23.2 Å². The molecule has 156 valence electrons. The van der Waals surface area contributed by atoms with Gasteiger partial charge < -0.3 is 4.74 Å². The average molecular weight is 414 g/mol. The summed E-state index contributed by atoms with van der Waals surface area (Å²) < 4.78 is 5.19. The maximum Gasteiger partial charge on any atom is 0.266 e. The second kappa shape index (κ2) is 7.56. The highest BCUT2D eigenvalue weighted by molar-refractivity contribution is 6.23. The first kappa shape index (κ1) is 19.3. The molecule has 2 saturated heterocycles. The first-order chi connectivity index (χ1) is 15.1. The first-order valence-corrected chi connectivity index (χ1v) is 10.2. The number of hydroxylamine groups is 1. The molecule has 3 aromatic rings. The molecular weight excluding hydrogens is 392 g/mol. The zero-order valence-corrected chi connectivity index (χ0v) is 17.3. The number of fused-ring (bicyclic) bond motifs is 1. The lowest BCUT2D eigenvalue weighted by Gasteiger charge is -2.28. The molecule has 2 fully saturated rings. The van der Waals surface area contributed by atoms with E-state index in [0.29, 0.717) is 11.4 Å². The lowest BCUT2D eigenvalue weighted by molar-refractivity contribution is -0.126. The normalized spacial score (nSPS) is 22.7. The second-order valence-corrected chi connectivity index (χ2v) is 7.78. The Hall–Kier alpha value is -3.64. The van der Waals surface area contributed by atoms with Gasteiger partial charge >= 0.3 is 0 Å². The molecule has 0 aliphatic carbocycles. The number of aryl methyl sites for hydroxylation is 1. The lowest BCUT2D eigenvalue weighted by Crippen LogP contribution is -2.37. The van der Waals surface area contributed by atoms with Gasteiger partial charge in [0.05, 0.1) is 24.5 Å². The Bertz CT molecular complexity index is 1110. The number of hydrogen-bond donors (Lipinski definition) is 0. The Morgan fingerprint density at radius 3 is 2.13 bits per heavy atom. The number of rotatable bonds is 4. The molecule has 2 heterocycles. The van der Waals surface area contributed by atoms with E-state index >= 15 is 0 Å². The number of ether oxygens (including phenoxy) is 1. The van der Waals surface area contributed by atoms with Crippen LogP contribution in [-0.4, -0.2) is 25.0 Å². The first-order valence-electron chi connectivity index (χ1n) is 10.2. The van der Waals surface area contributed by atoms with Crippen LogP contribution in [0.2, 0.25) is 0 Å². The molecule has 2 aliphatic heterocycles. The Labute approximate surface area is 180 Å². The number of carbonyl (C=O) groups excluding carboxylic acids is 2. The molecule has 0 bridgehead atoms. The third-order valence-corrected chi connectivity index (χ3v) is 5.88. The minimum absolute atomic E-state index is 0.260. The molecule has 6 heteroatoms. The summed E-state index contributed by atoms with van der Waals surface area (Å²) in [6.45, 7) is 2.02. The molecule has 31 heavy (non-hydrogen) atoms. The highest BCUT2D eigenvalue weighted by Gasteiger charge is 2.60. The topological polar surface area (TPSA) is 59.1 Å². The third-order valence-electron chi connectivity index (χ3n) is 5.88. The highest BCUT2D eigenvalue weighted by Crippen LogP contribution is 2.47. The van der Waals surface area contributed by atoms with Gasteiger partial charge in [0.25, 0.3) is 5.91 Å². The van der Waals surface area contributed by atoms with Gasteiger partial charge in [0.15, 0.2) is 6.10 Å². The molecule has 6 nitrogen and oxygen atoms in total. The molecule has 5 rings (SSSR count). The summed E-state index contributed by atoms with van der Waals surface area (Å²) >= 11 is 0. The van der Waals surface area contributed by atoms with Crippen LogP contribution >= 0.6 is 0 Å². The fraction of sp³-hybridized carbons (Fsp3) is 0.200. The van der Waals surface area contributed by atoms with Crippen molar-refractivity contribution in [2.75, 3.05) is 17.1 Å². The van der Waals surface area contributed by atoms with Crippen molar-refractivity contribution in [3.8, 4) is 5.75 Å². The molecule has 0 unspecified atom stereocenters. The van der Waals surface area contributed by atoms with Gasteiger partial charge in [-0.05, 0) is 48.9 Å². The van der Waals surface area contributed by atoms with Gasteiger partial charge in [0.1, 0.15) is 11.7 Å². The fourth-order valence-electron chi connectivity index (χ4n) is 4.30. The summed E-state index contributed by atoms with van der Waals surface area (Å²) in [5.41, 5.74) is 3.38. The van der Waals surface area contributed by atoms with Crippen LogP contribution < -0.4 is 14.7 Å². The summed E-state index contributed by atoms with van der Waals surface area (Å²) in [6, 6.07) is 24.1. The number of benzene rings is 3. The molecule has 0 N–H and O–H groups in total. The number of methoxy groups -OCH3 is 1. The van der Waals surface area contributed by atoms with Crippen LogP contribution in [0.5, 0.6) is 5.75 Å². The van der Waals surface area contributed by atoms with Gasteiger partial charge in [-0.1, -0.05) is 48.0 Å². The van der Waals surface area contributed by atoms with E-state index < -0.39 is 18.1 Å². The third kappa shape index (κ3) is 3.16. The van der Waals surface area contributed by atoms with Crippen LogP contribution in [-0.2, 0) is 14.4 Å². The number of hydrogen-bond acceptors (Lipinski definition) is 5. The van der Waals surface area contributed by atoms with E-state index in [1.165, 1.54) is 4.90 Å². The van der Waals surface area contributed by atoms with Crippen LogP contribution in [0.25, 0.3) is 0 Å². The Morgan fingerprint density at radius 2 is 1.48 bits per heavy atom. The van der Waals surface area contributed by atoms with Gasteiger partial charge in [-0.25, -0.2) is 9.96 Å². The summed E-state index contributed by atoms with van der Waals surface area (Å²) in [5.74, 6) is -0.593. The van der Waals surface area contributed by atoms with Crippen LogP contribution in [0.3, 0.4) is 0 Å². The van der Waals surface area contributed by atoms with Gasteiger partial charge in [0, 0.05) is 0 Å². The largest absolute Gasteiger partial charge is 0.497 e. The maximum absolute atomic E-state index is 13.5. The zero-order chi connectivity index (χ0) is 21.5. The maximum atomic E-state index is 13.5. The van der Waals surface area contributed by atoms with Crippen LogP contribution in [0, 0.1) is 12.8 Å². The van der Waals surface area contributed by atoms with Crippen molar-refractivity contribution in [3.05, 3.63) is 90.0 Å². The lowest BCUT2D eigenvalue weighted by atomic mass is 9.90. The minimum atomic E-state index is -0.874. The predicted molar refractivity (Wildman–Crippen MR) is 117 cm³/mol. The summed E-state index contributed by atoms with van der Waals surface area (Å²) in [7, 11) is 1.57. The minimum Gasteiger partial charge on any atom is -0.497 e. The van der Waals surface area contributed by atoms with Gasteiger partial charge in [-0.15, -0.1) is 0 Å². The zero-order valence-electron chi connectivity index (χ0n) is 17.3. The Kier molecular flexibility index (Phi) is 4.71. The fourth-order valence-corrected chi connectivity index (χ4v) is 4.30. The summed E-state index contributed by atoms with van der Waals surface area (Å²) in [4.78, 5) is 34.2. The quantitative estimate of drug-likeness (QED) is 0.603. The van der Waals surface area contributed by atoms with E-state index in [1.54, 1.807) is 36.4 Å². The van der Waals surface area contributed by atoms with Gasteiger partial charge in [-0.2, -0.15) is 0 Å². The van der Waals surface area contributed by atoms with E-state index in [4.69, 9.17) is 9.57 Å². The van der Waals surface area contributed by atoms with Crippen molar-refractivity contribution < 1.29 is 19.2 Å². The number of nitrogens with zero attached hydrogens (tertiary/aromatic N) is 2. The SMILES string of the molecule is COc1ccc(N2C(=O)[C@H]3[C@@H](c4ccc(C)cc4)N(c4ccccc4)O[C@H]3C2=O)cc1. The van der Waals surface area contributed by atoms with Crippen molar-refractivity contribution in [2.45, 2.75) is 19.1 Å². The monoisotopic (exact) mass is 414 g/mol. The molecule has 0 spiro atoms. The van der Waals surface area contributed by atoms with E-state index in [0.717, 1.165) is 16.8 Å². The van der Waals surface area contributed by atoms with Crippen molar-refractivity contribution in [3.63, 3.8) is 0 Å². The molecule has 2 amide bonds. The molecule has 0 aromatic heterocycles. The standard InChI is InChI=1S/C25H22N2O4/c1-16-8-10-17(11-9-16)22-21-23(31-27(22)19-6-4-3-5-7-19)25(29)26(24(21)28)18-12-14-20(30-2)15-13-18/h3-15,21-23H,1-2H3/t21-,22+,23+/m0/s1. The van der Waals surface area contributed by atoms with Crippen molar-refractivity contribution in [2.24, 2.45) is 5.92 Å². The Balaban J connectivity index is 1.56. The summed E-state index contributed by atoms with van der Waals surface area (Å²) in [5, 5.41) is 1.71. The molecule has 3 aromatic carbocycles.